The Morgan fingerprint density at radius 2 is 1.85 bits per heavy atom. The Labute approximate surface area is 153 Å². The molecular formula is C20H25N3O3. The van der Waals surface area contributed by atoms with Crippen LogP contribution in [0.25, 0.3) is 0 Å². The number of likely N-dealkylation sites (tertiary alicyclic amines) is 1. The number of amides is 4. The number of nitrogens with zero attached hydrogens (tertiary/aromatic N) is 2. The highest BCUT2D eigenvalue weighted by Gasteiger charge is 2.53. The van der Waals surface area contributed by atoms with Crippen molar-refractivity contribution >= 4 is 17.8 Å². The van der Waals surface area contributed by atoms with E-state index in [1.807, 2.05) is 23.1 Å². The van der Waals surface area contributed by atoms with Crippen molar-refractivity contribution in [1.82, 2.24) is 15.1 Å². The number of carbonyl (C=O) groups is 3. The van der Waals surface area contributed by atoms with Gasteiger partial charge in [0.1, 0.15) is 12.1 Å². The zero-order valence-electron chi connectivity index (χ0n) is 14.9. The van der Waals surface area contributed by atoms with Crippen molar-refractivity contribution in [2.24, 2.45) is 0 Å². The standard InChI is InChI=1S/C20H25N3O3/c24-17(14-23-18(25)20(21-19(23)26)10-4-5-11-20)22-12-6-9-16(22)13-15-7-2-1-3-8-15/h1-3,7-8,16H,4-6,9-14H2,(H,21,26). The Kier molecular flexibility index (Phi) is 4.42. The summed E-state index contributed by atoms with van der Waals surface area (Å²) in [5.74, 6) is -0.339. The van der Waals surface area contributed by atoms with Gasteiger partial charge in [-0.1, -0.05) is 43.2 Å². The Balaban J connectivity index is 1.42. The molecule has 1 spiro atoms. The molecule has 1 N–H and O–H groups in total. The lowest BCUT2D eigenvalue weighted by Gasteiger charge is -2.27. The Morgan fingerprint density at radius 1 is 1.12 bits per heavy atom. The van der Waals surface area contributed by atoms with E-state index in [-0.39, 0.29) is 24.4 Å². The monoisotopic (exact) mass is 355 g/mol. The van der Waals surface area contributed by atoms with Crippen LogP contribution in [0.1, 0.15) is 44.1 Å². The number of carbonyl (C=O) groups excluding carboxylic acids is 3. The van der Waals surface area contributed by atoms with Gasteiger partial charge in [0, 0.05) is 12.6 Å². The molecule has 1 aromatic rings. The number of hydrogen-bond donors (Lipinski definition) is 1. The van der Waals surface area contributed by atoms with E-state index in [9.17, 15) is 14.4 Å². The van der Waals surface area contributed by atoms with Crippen LogP contribution in [-0.2, 0) is 16.0 Å². The first-order valence-electron chi connectivity index (χ1n) is 9.57. The third-order valence-electron chi connectivity index (χ3n) is 6.01. The number of urea groups is 1. The highest BCUT2D eigenvalue weighted by molar-refractivity contribution is 6.09. The van der Waals surface area contributed by atoms with Crippen LogP contribution in [0.2, 0.25) is 0 Å². The van der Waals surface area contributed by atoms with E-state index in [1.54, 1.807) is 0 Å². The summed E-state index contributed by atoms with van der Waals surface area (Å²) in [7, 11) is 0. The van der Waals surface area contributed by atoms with Crippen molar-refractivity contribution in [3.63, 3.8) is 0 Å². The van der Waals surface area contributed by atoms with Crippen molar-refractivity contribution in [2.45, 2.75) is 56.5 Å². The first-order valence-corrected chi connectivity index (χ1v) is 9.57. The third kappa shape index (κ3) is 2.97. The lowest BCUT2D eigenvalue weighted by atomic mass is 9.98. The first kappa shape index (κ1) is 17.1. The average Bonchev–Trinajstić information content (AvgIpc) is 3.34. The molecule has 0 bridgehead atoms. The normalized spacial score (nSPS) is 24.5. The summed E-state index contributed by atoms with van der Waals surface area (Å²) in [6, 6.07) is 9.87. The molecule has 3 fully saturated rings. The van der Waals surface area contributed by atoms with Crippen LogP contribution >= 0.6 is 0 Å². The summed E-state index contributed by atoms with van der Waals surface area (Å²) in [5.41, 5.74) is 0.461. The fourth-order valence-electron chi connectivity index (χ4n) is 4.63. The van der Waals surface area contributed by atoms with Gasteiger partial charge in [-0.05, 0) is 37.7 Å². The molecule has 1 unspecified atom stereocenters. The van der Waals surface area contributed by atoms with E-state index >= 15 is 0 Å². The second-order valence-electron chi connectivity index (χ2n) is 7.68. The lowest BCUT2D eigenvalue weighted by Crippen LogP contribution is -2.47. The van der Waals surface area contributed by atoms with Gasteiger partial charge in [0.05, 0.1) is 0 Å². The van der Waals surface area contributed by atoms with Gasteiger partial charge in [0.15, 0.2) is 0 Å². The summed E-state index contributed by atoms with van der Waals surface area (Å²) < 4.78 is 0. The summed E-state index contributed by atoms with van der Waals surface area (Å²) in [6.45, 7) is 0.558. The van der Waals surface area contributed by atoms with E-state index in [0.717, 1.165) is 37.0 Å². The summed E-state index contributed by atoms with van der Waals surface area (Å²) in [5, 5.41) is 2.84. The second kappa shape index (κ2) is 6.74. The largest absolute Gasteiger partial charge is 0.338 e. The second-order valence-corrected chi connectivity index (χ2v) is 7.68. The van der Waals surface area contributed by atoms with Gasteiger partial charge >= 0.3 is 6.03 Å². The van der Waals surface area contributed by atoms with E-state index in [2.05, 4.69) is 17.4 Å². The summed E-state index contributed by atoms with van der Waals surface area (Å²) >= 11 is 0. The maximum Gasteiger partial charge on any atom is 0.325 e. The highest BCUT2D eigenvalue weighted by Crippen LogP contribution is 2.35. The quantitative estimate of drug-likeness (QED) is 0.841. The van der Waals surface area contributed by atoms with E-state index < -0.39 is 11.6 Å². The van der Waals surface area contributed by atoms with Crippen LogP contribution in [0.5, 0.6) is 0 Å². The molecule has 1 atom stereocenters. The van der Waals surface area contributed by atoms with Crippen molar-refractivity contribution in [1.29, 1.82) is 0 Å². The fourth-order valence-corrected chi connectivity index (χ4v) is 4.63. The Morgan fingerprint density at radius 3 is 2.58 bits per heavy atom. The molecule has 1 aromatic carbocycles. The molecule has 1 saturated carbocycles. The van der Waals surface area contributed by atoms with Crippen LogP contribution in [0.15, 0.2) is 30.3 Å². The number of rotatable bonds is 4. The highest BCUT2D eigenvalue weighted by atomic mass is 16.2. The first-order chi connectivity index (χ1) is 12.6. The van der Waals surface area contributed by atoms with Gasteiger partial charge < -0.3 is 10.2 Å². The molecule has 4 amide bonds. The summed E-state index contributed by atoms with van der Waals surface area (Å²) in [4.78, 5) is 40.9. The molecule has 0 aromatic heterocycles. The molecule has 2 aliphatic heterocycles. The minimum absolute atomic E-state index is 0.123. The van der Waals surface area contributed by atoms with Crippen molar-refractivity contribution in [3.05, 3.63) is 35.9 Å². The van der Waals surface area contributed by atoms with Gasteiger partial charge in [-0.15, -0.1) is 0 Å². The molecule has 26 heavy (non-hydrogen) atoms. The van der Waals surface area contributed by atoms with Gasteiger partial charge in [0.25, 0.3) is 5.91 Å². The smallest absolute Gasteiger partial charge is 0.325 e. The lowest BCUT2D eigenvalue weighted by molar-refractivity contribution is -0.139. The minimum Gasteiger partial charge on any atom is -0.338 e. The number of hydrogen-bond acceptors (Lipinski definition) is 3. The van der Waals surface area contributed by atoms with Gasteiger partial charge in [0.2, 0.25) is 5.91 Å². The molecule has 6 heteroatoms. The molecule has 6 nitrogen and oxygen atoms in total. The minimum atomic E-state index is -0.744. The number of imide groups is 1. The topological polar surface area (TPSA) is 69.7 Å². The van der Waals surface area contributed by atoms with Crippen LogP contribution in [0.4, 0.5) is 4.79 Å². The van der Waals surface area contributed by atoms with Gasteiger partial charge in [-0.2, -0.15) is 0 Å². The molecule has 4 rings (SSSR count). The summed E-state index contributed by atoms with van der Waals surface area (Å²) in [6.07, 6.45) is 6.00. The molecule has 3 aliphatic rings. The van der Waals surface area contributed by atoms with E-state index in [4.69, 9.17) is 0 Å². The molecule has 0 radical (unpaired) electrons. The molecule has 2 heterocycles. The van der Waals surface area contributed by atoms with Gasteiger partial charge in [-0.3, -0.25) is 14.5 Å². The average molecular weight is 355 g/mol. The predicted molar refractivity (Wildman–Crippen MR) is 96.3 cm³/mol. The zero-order chi connectivity index (χ0) is 18.1. The maximum atomic E-state index is 12.8. The molecule has 2 saturated heterocycles. The van der Waals surface area contributed by atoms with Crippen molar-refractivity contribution in [3.8, 4) is 0 Å². The van der Waals surface area contributed by atoms with Crippen LogP contribution in [-0.4, -0.2) is 52.3 Å². The van der Waals surface area contributed by atoms with Crippen molar-refractivity contribution in [2.75, 3.05) is 13.1 Å². The zero-order valence-corrected chi connectivity index (χ0v) is 14.9. The molecule has 138 valence electrons. The van der Waals surface area contributed by atoms with Gasteiger partial charge in [-0.25, -0.2) is 4.79 Å². The predicted octanol–water partition coefficient (Wildman–Crippen LogP) is 2.08. The molecular weight excluding hydrogens is 330 g/mol. The Bertz CT molecular complexity index is 712. The fraction of sp³-hybridized carbons (Fsp3) is 0.550. The number of nitrogens with one attached hydrogen (secondary N) is 1. The van der Waals surface area contributed by atoms with E-state index in [1.165, 1.54) is 5.56 Å². The van der Waals surface area contributed by atoms with Crippen LogP contribution < -0.4 is 5.32 Å². The van der Waals surface area contributed by atoms with Crippen molar-refractivity contribution < 1.29 is 14.4 Å². The van der Waals surface area contributed by atoms with Crippen LogP contribution in [0.3, 0.4) is 0 Å². The maximum absolute atomic E-state index is 12.8. The number of benzene rings is 1. The SMILES string of the molecule is O=C1NC2(CCCC2)C(=O)N1CC(=O)N1CCCC1Cc1ccccc1. The van der Waals surface area contributed by atoms with E-state index in [0.29, 0.717) is 19.4 Å². The molecule has 1 aliphatic carbocycles. The van der Waals surface area contributed by atoms with Crippen LogP contribution in [0, 0.1) is 0 Å². The third-order valence-corrected chi connectivity index (χ3v) is 6.01. The Hall–Kier alpha value is -2.37.